The first-order chi connectivity index (χ1) is 7.79. The van der Waals surface area contributed by atoms with Crippen LogP contribution in [0.1, 0.15) is 38.2 Å². The van der Waals surface area contributed by atoms with Gasteiger partial charge in [-0.25, -0.2) is 4.98 Å². The average Bonchev–Trinajstić information content (AvgIpc) is 2.82. The van der Waals surface area contributed by atoms with E-state index in [1.807, 2.05) is 12.3 Å². The van der Waals surface area contributed by atoms with Crippen LogP contribution >= 0.6 is 11.6 Å². The van der Waals surface area contributed by atoms with Crippen molar-refractivity contribution in [2.45, 2.75) is 45.2 Å². The van der Waals surface area contributed by atoms with Crippen LogP contribution in [0.25, 0.3) is 0 Å². The molecule has 2 rings (SSSR count). The fourth-order valence-electron chi connectivity index (χ4n) is 2.50. The Labute approximate surface area is 103 Å². The first kappa shape index (κ1) is 11.9. The largest absolute Gasteiger partial charge is 0.296 e. The number of hydrogen-bond donors (Lipinski definition) is 0. The zero-order valence-corrected chi connectivity index (χ0v) is 10.6. The predicted molar refractivity (Wildman–Crippen MR) is 67.6 cm³/mol. The second-order valence-electron chi connectivity index (χ2n) is 4.49. The van der Waals surface area contributed by atoms with Gasteiger partial charge in [-0.1, -0.05) is 37.4 Å². The molecule has 0 unspecified atom stereocenters. The maximum Gasteiger partial charge on any atom is 0.129 e. The molecule has 1 aromatic heterocycles. The lowest BCUT2D eigenvalue weighted by molar-refractivity contribution is 0.200. The molecule has 0 saturated heterocycles. The van der Waals surface area contributed by atoms with Crippen LogP contribution in [0.3, 0.4) is 0 Å². The molecule has 0 spiro atoms. The monoisotopic (exact) mass is 238 g/mol. The fourth-order valence-corrected chi connectivity index (χ4v) is 2.61. The minimum absolute atomic E-state index is 0.577. The molecular weight excluding hydrogens is 220 g/mol. The van der Waals surface area contributed by atoms with Crippen LogP contribution in [0.2, 0.25) is 5.15 Å². The standard InChI is InChI=1S/C13H19ClN2/c1-2-16(12-5-3-4-6-12)10-11-7-8-13(14)15-9-11/h7-9,12H,2-6,10H2,1H3. The van der Waals surface area contributed by atoms with E-state index in [1.54, 1.807) is 0 Å². The molecule has 0 atom stereocenters. The first-order valence-electron chi connectivity index (χ1n) is 6.14. The Hall–Kier alpha value is -0.600. The molecule has 0 radical (unpaired) electrons. The van der Waals surface area contributed by atoms with Crippen LogP contribution in [0.15, 0.2) is 18.3 Å². The van der Waals surface area contributed by atoms with Gasteiger partial charge in [-0.15, -0.1) is 0 Å². The van der Waals surface area contributed by atoms with Crippen molar-refractivity contribution in [1.82, 2.24) is 9.88 Å². The van der Waals surface area contributed by atoms with Gasteiger partial charge in [-0.2, -0.15) is 0 Å². The van der Waals surface area contributed by atoms with Gasteiger partial charge in [0.1, 0.15) is 5.15 Å². The lowest BCUT2D eigenvalue weighted by atomic mass is 10.2. The van der Waals surface area contributed by atoms with E-state index < -0.39 is 0 Å². The summed E-state index contributed by atoms with van der Waals surface area (Å²) in [5.41, 5.74) is 1.26. The van der Waals surface area contributed by atoms with Crippen LogP contribution < -0.4 is 0 Å². The molecule has 0 N–H and O–H groups in total. The number of halogens is 1. The Morgan fingerprint density at radius 3 is 2.69 bits per heavy atom. The van der Waals surface area contributed by atoms with Gasteiger partial charge in [0.05, 0.1) is 0 Å². The molecule has 3 heteroatoms. The fraction of sp³-hybridized carbons (Fsp3) is 0.615. The third-order valence-corrected chi connectivity index (χ3v) is 3.65. The minimum atomic E-state index is 0.577. The van der Waals surface area contributed by atoms with Crippen LogP contribution in [-0.4, -0.2) is 22.5 Å². The van der Waals surface area contributed by atoms with Crippen molar-refractivity contribution in [1.29, 1.82) is 0 Å². The first-order valence-corrected chi connectivity index (χ1v) is 6.52. The Morgan fingerprint density at radius 1 is 1.38 bits per heavy atom. The maximum absolute atomic E-state index is 5.78. The normalized spacial score (nSPS) is 17.2. The van der Waals surface area contributed by atoms with Crippen molar-refractivity contribution >= 4 is 11.6 Å². The zero-order valence-electron chi connectivity index (χ0n) is 9.82. The highest BCUT2D eigenvalue weighted by atomic mass is 35.5. The molecule has 1 aromatic rings. The summed E-state index contributed by atoms with van der Waals surface area (Å²) in [7, 11) is 0. The summed E-state index contributed by atoms with van der Waals surface area (Å²) in [4.78, 5) is 6.69. The predicted octanol–water partition coefficient (Wildman–Crippen LogP) is 3.50. The summed E-state index contributed by atoms with van der Waals surface area (Å²) in [5, 5.41) is 0.577. The number of nitrogens with zero attached hydrogens (tertiary/aromatic N) is 2. The number of pyridine rings is 1. The highest BCUT2D eigenvalue weighted by Crippen LogP contribution is 2.24. The van der Waals surface area contributed by atoms with Crippen LogP contribution in [-0.2, 0) is 6.54 Å². The lowest BCUT2D eigenvalue weighted by Crippen LogP contribution is -2.32. The van der Waals surface area contributed by atoms with Crippen molar-refractivity contribution in [2.24, 2.45) is 0 Å². The Morgan fingerprint density at radius 2 is 2.12 bits per heavy atom. The summed E-state index contributed by atoms with van der Waals surface area (Å²) >= 11 is 5.78. The van der Waals surface area contributed by atoms with E-state index in [0.717, 1.165) is 19.1 Å². The van der Waals surface area contributed by atoms with E-state index in [-0.39, 0.29) is 0 Å². The maximum atomic E-state index is 5.78. The van der Waals surface area contributed by atoms with E-state index >= 15 is 0 Å². The van der Waals surface area contributed by atoms with E-state index in [0.29, 0.717) is 5.15 Å². The molecule has 1 aliphatic rings. The highest BCUT2D eigenvalue weighted by Gasteiger charge is 2.21. The summed E-state index contributed by atoms with van der Waals surface area (Å²) in [6.45, 7) is 4.36. The highest BCUT2D eigenvalue weighted by molar-refractivity contribution is 6.29. The van der Waals surface area contributed by atoms with Crippen molar-refractivity contribution in [3.63, 3.8) is 0 Å². The molecule has 0 aliphatic heterocycles. The zero-order chi connectivity index (χ0) is 11.4. The van der Waals surface area contributed by atoms with Gasteiger partial charge in [-0.05, 0) is 31.0 Å². The molecule has 88 valence electrons. The summed E-state index contributed by atoms with van der Waals surface area (Å²) in [5.74, 6) is 0. The molecule has 1 aliphatic carbocycles. The third kappa shape index (κ3) is 2.96. The van der Waals surface area contributed by atoms with Gasteiger partial charge >= 0.3 is 0 Å². The summed E-state index contributed by atoms with van der Waals surface area (Å²) in [6.07, 6.45) is 7.38. The van der Waals surface area contributed by atoms with Gasteiger partial charge in [-0.3, -0.25) is 4.90 Å². The molecule has 0 aromatic carbocycles. The van der Waals surface area contributed by atoms with Crippen molar-refractivity contribution in [2.75, 3.05) is 6.54 Å². The van der Waals surface area contributed by atoms with Crippen molar-refractivity contribution in [3.8, 4) is 0 Å². The topological polar surface area (TPSA) is 16.1 Å². The number of hydrogen-bond acceptors (Lipinski definition) is 2. The van der Waals surface area contributed by atoms with Crippen molar-refractivity contribution in [3.05, 3.63) is 29.0 Å². The summed E-state index contributed by atoms with van der Waals surface area (Å²) in [6, 6.07) is 4.73. The van der Waals surface area contributed by atoms with Gasteiger partial charge in [0.2, 0.25) is 0 Å². The second-order valence-corrected chi connectivity index (χ2v) is 4.88. The van der Waals surface area contributed by atoms with Crippen LogP contribution in [0, 0.1) is 0 Å². The lowest BCUT2D eigenvalue weighted by Gasteiger charge is -2.27. The Balaban J connectivity index is 1.97. The number of aromatic nitrogens is 1. The second kappa shape index (κ2) is 5.65. The SMILES string of the molecule is CCN(Cc1ccc(Cl)nc1)C1CCCC1. The quantitative estimate of drug-likeness (QED) is 0.747. The third-order valence-electron chi connectivity index (χ3n) is 3.42. The van der Waals surface area contributed by atoms with Gasteiger partial charge < -0.3 is 0 Å². The molecule has 1 fully saturated rings. The van der Waals surface area contributed by atoms with E-state index in [9.17, 15) is 0 Å². The Kier molecular flexibility index (Phi) is 4.19. The van der Waals surface area contributed by atoms with Gasteiger partial charge in [0, 0.05) is 18.8 Å². The molecule has 2 nitrogen and oxygen atoms in total. The molecular formula is C13H19ClN2. The van der Waals surface area contributed by atoms with Crippen LogP contribution in [0.4, 0.5) is 0 Å². The van der Waals surface area contributed by atoms with E-state index in [4.69, 9.17) is 11.6 Å². The molecule has 1 heterocycles. The van der Waals surface area contributed by atoms with Crippen LogP contribution in [0.5, 0.6) is 0 Å². The minimum Gasteiger partial charge on any atom is -0.296 e. The molecule has 16 heavy (non-hydrogen) atoms. The average molecular weight is 239 g/mol. The van der Waals surface area contributed by atoms with Crippen molar-refractivity contribution < 1.29 is 0 Å². The Bertz CT molecular complexity index is 317. The van der Waals surface area contributed by atoms with Gasteiger partial charge in [0.15, 0.2) is 0 Å². The van der Waals surface area contributed by atoms with E-state index in [1.165, 1.54) is 31.2 Å². The van der Waals surface area contributed by atoms with Gasteiger partial charge in [0.25, 0.3) is 0 Å². The molecule has 1 saturated carbocycles. The smallest absolute Gasteiger partial charge is 0.129 e. The molecule has 0 amide bonds. The summed E-state index contributed by atoms with van der Waals surface area (Å²) < 4.78 is 0. The van der Waals surface area contributed by atoms with E-state index in [2.05, 4.69) is 22.9 Å². The number of rotatable bonds is 4. The molecule has 0 bridgehead atoms.